The van der Waals surface area contributed by atoms with Gasteiger partial charge in [-0.3, -0.25) is 0 Å². The van der Waals surface area contributed by atoms with Gasteiger partial charge in [-0.2, -0.15) is 0 Å². The predicted octanol–water partition coefficient (Wildman–Crippen LogP) is -0.128. The van der Waals surface area contributed by atoms with E-state index in [-0.39, 0.29) is 58.5 Å². The van der Waals surface area contributed by atoms with Crippen LogP contribution in [-0.4, -0.2) is 34.0 Å². The zero-order valence-electron chi connectivity index (χ0n) is 1.56. The Kier molecular flexibility index (Phi) is 302. The molecule has 0 atom stereocenters. The Hall–Kier alpha value is 1.50. The molecule has 0 nitrogen and oxygen atoms in total. The van der Waals surface area contributed by atoms with E-state index in [0.29, 0.717) is 0 Å². The summed E-state index contributed by atoms with van der Waals surface area (Å²) < 4.78 is 0. The van der Waals surface area contributed by atoms with Gasteiger partial charge in [-0.1, -0.05) is 7.43 Å². The zero-order valence-corrected chi connectivity index (χ0v) is 5.08. The Morgan fingerprint density at radius 1 is 1.00 bits per heavy atom. The van der Waals surface area contributed by atoms with E-state index in [0.717, 1.165) is 0 Å². The summed E-state index contributed by atoms with van der Waals surface area (Å²) in [6.07, 6.45) is 0. The van der Waals surface area contributed by atoms with Crippen LogP contribution in [0, 0.1) is 0 Å². The average Bonchev–Trinajstić information content (AvgIpc) is 0. The molecule has 3 heteroatoms. The van der Waals surface area contributed by atoms with Crippen LogP contribution in [0.25, 0.3) is 0 Å². The molecule has 0 saturated carbocycles. The van der Waals surface area contributed by atoms with Crippen LogP contribution in [0.1, 0.15) is 7.43 Å². The first-order chi connectivity index (χ1) is 0. The first-order valence-corrected chi connectivity index (χ1v) is 0. The third-order valence-electron chi connectivity index (χ3n) is 0. The van der Waals surface area contributed by atoms with Crippen LogP contribution in [-0.2, 0) is 17.1 Å². The number of hydrogen-bond acceptors (Lipinski definition) is 0. The first kappa shape index (κ1) is 49.4. The summed E-state index contributed by atoms with van der Waals surface area (Å²) in [5.74, 6) is 0. The second kappa shape index (κ2) is 24.5. The van der Waals surface area contributed by atoms with Gasteiger partial charge in [0.15, 0.2) is 0 Å². The quantitative estimate of drug-likeness (QED) is 0.395. The van der Waals surface area contributed by atoms with Crippen molar-refractivity contribution in [3.8, 4) is 0 Å². The molecule has 0 N–H and O–H groups in total. The first-order valence-electron chi connectivity index (χ1n) is 0. The van der Waals surface area contributed by atoms with Gasteiger partial charge in [0.1, 0.15) is 0 Å². The van der Waals surface area contributed by atoms with Crippen molar-refractivity contribution >= 4 is 34.0 Å². The molecule has 0 aliphatic carbocycles. The molecule has 0 saturated heterocycles. The molecule has 4 heavy (non-hydrogen) atoms. The minimum atomic E-state index is 0. The maximum atomic E-state index is 0. The van der Waals surface area contributed by atoms with E-state index in [1.54, 1.807) is 0 Å². The van der Waals surface area contributed by atoms with Crippen molar-refractivity contribution in [3.05, 3.63) is 0 Å². The monoisotopic (exact) mass is 124 g/mol. The van der Waals surface area contributed by atoms with Gasteiger partial charge in [0.25, 0.3) is 0 Å². The van der Waals surface area contributed by atoms with Gasteiger partial charge >= 0.3 is 0 Å². The van der Waals surface area contributed by atoms with Crippen LogP contribution >= 0.6 is 0 Å². The van der Waals surface area contributed by atoms with Crippen molar-refractivity contribution < 1.29 is 17.1 Å². The third kappa shape index (κ3) is 9.72. The second-order valence-electron chi connectivity index (χ2n) is 0. The molecule has 0 bridgehead atoms. The van der Waals surface area contributed by atoms with E-state index in [9.17, 15) is 0 Å². The summed E-state index contributed by atoms with van der Waals surface area (Å²) in [6.45, 7) is 0. The molecule has 0 aliphatic rings. The van der Waals surface area contributed by atoms with Crippen molar-refractivity contribution in [3.63, 3.8) is 0 Å². The summed E-state index contributed by atoms with van der Waals surface area (Å²) in [5.41, 5.74) is 0. The van der Waals surface area contributed by atoms with Crippen LogP contribution < -0.4 is 0 Å². The van der Waals surface area contributed by atoms with E-state index >= 15 is 0 Å². The molecule has 0 aromatic heterocycles. The largest absolute Gasteiger partial charge is 0.0776 e. The Labute approximate surface area is 58.4 Å². The van der Waals surface area contributed by atoms with Crippen molar-refractivity contribution in [2.75, 3.05) is 0 Å². The van der Waals surface area contributed by atoms with Gasteiger partial charge < -0.3 is 0 Å². The average molecular weight is 124 g/mol. The maximum Gasteiger partial charge on any atom is 0 e. The Bertz CT molecular complexity index is 8.00. The number of hydrogen-bond donors (Lipinski definition) is 0. The topological polar surface area (TPSA) is 0 Å². The molecule has 0 rings (SSSR count). The molecule has 0 aromatic carbocycles. The fraction of sp³-hybridized carbons (Fsp3) is 1.00. The molecule has 0 amide bonds. The minimum Gasteiger partial charge on any atom is -0.0776 e. The summed E-state index contributed by atoms with van der Waals surface area (Å²) in [6, 6.07) is 0. The van der Waals surface area contributed by atoms with Crippen LogP contribution in [0.15, 0.2) is 0 Å². The zero-order chi connectivity index (χ0) is 0. The second-order valence-corrected chi connectivity index (χ2v) is 0. The smallest absolute Gasteiger partial charge is 0 e. The molecule has 6 radical (unpaired) electrons. The molecular weight excluding hydrogens is 120 g/mol. The van der Waals surface area contributed by atoms with Crippen molar-refractivity contribution in [1.29, 1.82) is 0 Å². The van der Waals surface area contributed by atoms with E-state index in [1.807, 2.05) is 0 Å². The SMILES string of the molecule is C.[Fe].[Mg].[Si]. The van der Waals surface area contributed by atoms with E-state index in [4.69, 9.17) is 0 Å². The molecule has 0 fully saturated rings. The van der Waals surface area contributed by atoms with Gasteiger partial charge in [-0.15, -0.1) is 0 Å². The van der Waals surface area contributed by atoms with Gasteiger partial charge in [0.05, 0.1) is 0 Å². The van der Waals surface area contributed by atoms with Gasteiger partial charge in [0, 0.05) is 51.1 Å². The van der Waals surface area contributed by atoms with Crippen molar-refractivity contribution in [2.45, 2.75) is 7.43 Å². The molecule has 0 spiro atoms. The molecule has 0 aliphatic heterocycles. The third-order valence-corrected chi connectivity index (χ3v) is 0. The van der Waals surface area contributed by atoms with Crippen LogP contribution in [0.4, 0.5) is 0 Å². The molecule has 0 unspecified atom stereocenters. The molecule has 22 valence electrons. The van der Waals surface area contributed by atoms with Gasteiger partial charge in [-0.25, -0.2) is 0 Å². The molecular formula is CH4FeMgSi. The predicted molar refractivity (Wildman–Crippen MR) is 18.2 cm³/mol. The normalized spacial score (nSPS) is 0. The van der Waals surface area contributed by atoms with Crippen LogP contribution in [0.2, 0.25) is 0 Å². The van der Waals surface area contributed by atoms with Gasteiger partial charge in [0.2, 0.25) is 0 Å². The Morgan fingerprint density at radius 3 is 1.00 bits per heavy atom. The fourth-order valence-corrected chi connectivity index (χ4v) is 0. The summed E-state index contributed by atoms with van der Waals surface area (Å²) in [5, 5.41) is 0. The maximum absolute atomic E-state index is 0. The fourth-order valence-electron chi connectivity index (χ4n) is 0. The Morgan fingerprint density at radius 2 is 1.00 bits per heavy atom. The minimum absolute atomic E-state index is 0. The Balaban J connectivity index is 0. The van der Waals surface area contributed by atoms with Crippen molar-refractivity contribution in [1.82, 2.24) is 0 Å². The van der Waals surface area contributed by atoms with Crippen LogP contribution in [0.3, 0.4) is 0 Å². The van der Waals surface area contributed by atoms with Gasteiger partial charge in [-0.05, 0) is 0 Å². The molecule has 0 aromatic rings. The van der Waals surface area contributed by atoms with E-state index in [2.05, 4.69) is 0 Å². The van der Waals surface area contributed by atoms with Crippen molar-refractivity contribution in [2.24, 2.45) is 0 Å². The van der Waals surface area contributed by atoms with E-state index in [1.165, 1.54) is 0 Å². The van der Waals surface area contributed by atoms with E-state index < -0.39 is 0 Å². The van der Waals surface area contributed by atoms with Crippen LogP contribution in [0.5, 0.6) is 0 Å². The summed E-state index contributed by atoms with van der Waals surface area (Å²) >= 11 is 0. The standard InChI is InChI=1S/CH4.Fe.Mg.Si/h1H4;;;. The summed E-state index contributed by atoms with van der Waals surface area (Å²) in [7, 11) is 0. The summed E-state index contributed by atoms with van der Waals surface area (Å²) in [4.78, 5) is 0. The molecule has 0 heterocycles. The number of rotatable bonds is 0.